The van der Waals surface area contributed by atoms with Gasteiger partial charge in [0.05, 0.1) is 6.54 Å². The summed E-state index contributed by atoms with van der Waals surface area (Å²) in [4.78, 5) is 36.1. The van der Waals surface area contributed by atoms with Crippen LogP contribution in [-0.2, 0) is 14.4 Å². The Bertz CT molecular complexity index is 895. The van der Waals surface area contributed by atoms with E-state index >= 15 is 0 Å². The summed E-state index contributed by atoms with van der Waals surface area (Å²) in [6.07, 6.45) is 0. The highest BCUT2D eigenvalue weighted by atomic mass is 16.7. The Morgan fingerprint density at radius 2 is 1.75 bits per heavy atom. The standard InChI is InChI=1S/C20H21N3O5/c1-12-3-5-14(6-4-12)19(23-18(25)10-21-13(2)24)20(26)22-15-7-8-16-17(9-15)28-11-27-16/h3-9,19H,10-11H2,1-2H3,(H,21,24)(H,22,26)(H,23,25). The SMILES string of the molecule is CC(=O)NCC(=O)NC(C(=O)Nc1ccc2c(c1)OCO2)c1ccc(C)cc1. The number of carbonyl (C=O) groups is 3. The van der Waals surface area contributed by atoms with Crippen molar-refractivity contribution in [1.29, 1.82) is 0 Å². The Labute approximate surface area is 162 Å². The molecule has 2 aromatic rings. The summed E-state index contributed by atoms with van der Waals surface area (Å²) in [6, 6.07) is 11.4. The van der Waals surface area contributed by atoms with E-state index in [1.807, 2.05) is 19.1 Å². The molecule has 8 heteroatoms. The minimum atomic E-state index is -0.924. The van der Waals surface area contributed by atoms with E-state index in [1.165, 1.54) is 6.92 Å². The van der Waals surface area contributed by atoms with E-state index in [9.17, 15) is 14.4 Å². The molecule has 1 heterocycles. The van der Waals surface area contributed by atoms with Gasteiger partial charge in [0.2, 0.25) is 18.6 Å². The monoisotopic (exact) mass is 383 g/mol. The van der Waals surface area contributed by atoms with Gasteiger partial charge in [-0.2, -0.15) is 0 Å². The third kappa shape index (κ3) is 4.79. The normalized spacial score (nSPS) is 12.8. The Hall–Kier alpha value is -3.55. The molecular formula is C20H21N3O5. The van der Waals surface area contributed by atoms with Crippen LogP contribution in [0, 0.1) is 6.92 Å². The number of fused-ring (bicyclic) bond motifs is 1. The number of hydrogen-bond donors (Lipinski definition) is 3. The number of anilines is 1. The van der Waals surface area contributed by atoms with E-state index in [0.717, 1.165) is 5.56 Å². The maximum atomic E-state index is 12.9. The second-order valence-electron chi connectivity index (χ2n) is 6.38. The molecule has 0 fully saturated rings. The number of aryl methyl sites for hydroxylation is 1. The van der Waals surface area contributed by atoms with Crippen LogP contribution in [0.3, 0.4) is 0 Å². The molecule has 0 saturated carbocycles. The minimum absolute atomic E-state index is 0.137. The van der Waals surface area contributed by atoms with Gasteiger partial charge < -0.3 is 25.4 Å². The number of nitrogens with one attached hydrogen (secondary N) is 3. The van der Waals surface area contributed by atoms with Crippen LogP contribution in [0.2, 0.25) is 0 Å². The van der Waals surface area contributed by atoms with E-state index < -0.39 is 17.9 Å². The smallest absolute Gasteiger partial charge is 0.251 e. The lowest BCUT2D eigenvalue weighted by molar-refractivity contribution is -0.127. The van der Waals surface area contributed by atoms with Crippen molar-refractivity contribution in [3.8, 4) is 11.5 Å². The van der Waals surface area contributed by atoms with Gasteiger partial charge in [-0.3, -0.25) is 14.4 Å². The van der Waals surface area contributed by atoms with E-state index in [2.05, 4.69) is 16.0 Å². The molecule has 146 valence electrons. The van der Waals surface area contributed by atoms with Crippen molar-refractivity contribution in [2.24, 2.45) is 0 Å². The van der Waals surface area contributed by atoms with Crippen molar-refractivity contribution in [1.82, 2.24) is 10.6 Å². The van der Waals surface area contributed by atoms with Crippen molar-refractivity contribution in [3.63, 3.8) is 0 Å². The average Bonchev–Trinajstić information content (AvgIpc) is 3.13. The van der Waals surface area contributed by atoms with Crippen molar-refractivity contribution in [2.45, 2.75) is 19.9 Å². The lowest BCUT2D eigenvalue weighted by atomic mass is 10.0. The van der Waals surface area contributed by atoms with Crippen LogP contribution in [0.5, 0.6) is 11.5 Å². The van der Waals surface area contributed by atoms with Crippen molar-refractivity contribution < 1.29 is 23.9 Å². The summed E-state index contributed by atoms with van der Waals surface area (Å²) >= 11 is 0. The highest BCUT2D eigenvalue weighted by Crippen LogP contribution is 2.34. The molecule has 1 aliphatic rings. The van der Waals surface area contributed by atoms with Gasteiger partial charge in [0.15, 0.2) is 11.5 Å². The van der Waals surface area contributed by atoms with Crippen LogP contribution < -0.4 is 25.4 Å². The quantitative estimate of drug-likeness (QED) is 0.703. The zero-order valence-corrected chi connectivity index (χ0v) is 15.6. The van der Waals surface area contributed by atoms with Crippen LogP contribution in [0.1, 0.15) is 24.1 Å². The first-order valence-corrected chi connectivity index (χ1v) is 8.73. The molecular weight excluding hydrogens is 362 g/mol. The number of benzene rings is 2. The Morgan fingerprint density at radius 1 is 1.04 bits per heavy atom. The number of carbonyl (C=O) groups excluding carboxylic acids is 3. The van der Waals surface area contributed by atoms with E-state index in [-0.39, 0.29) is 19.2 Å². The zero-order valence-electron chi connectivity index (χ0n) is 15.6. The summed E-state index contributed by atoms with van der Waals surface area (Å²) in [5.74, 6) is -0.0663. The van der Waals surface area contributed by atoms with E-state index in [0.29, 0.717) is 22.7 Å². The fourth-order valence-corrected chi connectivity index (χ4v) is 2.66. The summed E-state index contributed by atoms with van der Waals surface area (Å²) in [6.45, 7) is 3.17. The van der Waals surface area contributed by atoms with Crippen molar-refractivity contribution >= 4 is 23.4 Å². The second kappa shape index (κ2) is 8.43. The third-order valence-corrected chi connectivity index (χ3v) is 4.12. The minimum Gasteiger partial charge on any atom is -0.454 e. The zero-order chi connectivity index (χ0) is 20.1. The molecule has 0 spiro atoms. The largest absolute Gasteiger partial charge is 0.454 e. The summed E-state index contributed by atoms with van der Waals surface area (Å²) in [5.41, 5.74) is 2.17. The Kier molecular flexibility index (Phi) is 5.78. The number of rotatable bonds is 6. The van der Waals surface area contributed by atoms with E-state index in [4.69, 9.17) is 9.47 Å². The molecule has 0 saturated heterocycles. The molecule has 3 N–H and O–H groups in total. The molecule has 0 aliphatic carbocycles. The lowest BCUT2D eigenvalue weighted by Crippen LogP contribution is -2.42. The van der Waals surface area contributed by atoms with Gasteiger partial charge in [-0.1, -0.05) is 29.8 Å². The third-order valence-electron chi connectivity index (χ3n) is 4.12. The summed E-state index contributed by atoms with van der Waals surface area (Å²) in [5, 5.41) is 7.85. The van der Waals surface area contributed by atoms with Crippen LogP contribution in [0.4, 0.5) is 5.69 Å². The molecule has 1 aliphatic heterocycles. The number of ether oxygens (including phenoxy) is 2. The molecule has 3 rings (SSSR count). The Balaban J connectivity index is 1.76. The predicted molar refractivity (Wildman–Crippen MR) is 102 cm³/mol. The molecule has 8 nitrogen and oxygen atoms in total. The molecule has 0 radical (unpaired) electrons. The fourth-order valence-electron chi connectivity index (χ4n) is 2.66. The van der Waals surface area contributed by atoms with Gasteiger partial charge >= 0.3 is 0 Å². The molecule has 1 atom stereocenters. The first kappa shape index (κ1) is 19.2. The molecule has 0 aromatic heterocycles. The number of hydrogen-bond acceptors (Lipinski definition) is 5. The topological polar surface area (TPSA) is 106 Å². The highest BCUT2D eigenvalue weighted by molar-refractivity contribution is 5.98. The predicted octanol–water partition coefficient (Wildman–Crippen LogP) is 1.66. The van der Waals surface area contributed by atoms with Crippen LogP contribution in [-0.4, -0.2) is 31.1 Å². The van der Waals surface area contributed by atoms with Gasteiger partial charge in [-0.15, -0.1) is 0 Å². The van der Waals surface area contributed by atoms with Crippen LogP contribution in [0.15, 0.2) is 42.5 Å². The average molecular weight is 383 g/mol. The molecule has 2 aromatic carbocycles. The number of amides is 3. The second-order valence-corrected chi connectivity index (χ2v) is 6.38. The van der Waals surface area contributed by atoms with Gasteiger partial charge in [0, 0.05) is 18.7 Å². The van der Waals surface area contributed by atoms with Gasteiger partial charge in [-0.05, 0) is 24.6 Å². The van der Waals surface area contributed by atoms with Gasteiger partial charge in [0.25, 0.3) is 5.91 Å². The highest BCUT2D eigenvalue weighted by Gasteiger charge is 2.24. The summed E-state index contributed by atoms with van der Waals surface area (Å²) < 4.78 is 10.6. The van der Waals surface area contributed by atoms with Crippen LogP contribution in [0.25, 0.3) is 0 Å². The van der Waals surface area contributed by atoms with Gasteiger partial charge in [-0.25, -0.2) is 0 Å². The van der Waals surface area contributed by atoms with Crippen molar-refractivity contribution in [3.05, 3.63) is 53.6 Å². The maximum Gasteiger partial charge on any atom is 0.251 e. The van der Waals surface area contributed by atoms with E-state index in [1.54, 1.807) is 30.3 Å². The van der Waals surface area contributed by atoms with Crippen LogP contribution >= 0.6 is 0 Å². The molecule has 0 bridgehead atoms. The first-order chi connectivity index (χ1) is 13.4. The first-order valence-electron chi connectivity index (χ1n) is 8.73. The molecule has 28 heavy (non-hydrogen) atoms. The Morgan fingerprint density at radius 3 is 2.46 bits per heavy atom. The van der Waals surface area contributed by atoms with Gasteiger partial charge in [0.1, 0.15) is 6.04 Å². The fraction of sp³-hybridized carbons (Fsp3) is 0.250. The lowest BCUT2D eigenvalue weighted by Gasteiger charge is -2.19. The van der Waals surface area contributed by atoms with Crippen molar-refractivity contribution in [2.75, 3.05) is 18.7 Å². The summed E-state index contributed by atoms with van der Waals surface area (Å²) in [7, 11) is 0. The molecule has 1 unspecified atom stereocenters. The maximum absolute atomic E-state index is 12.9. The molecule has 3 amide bonds.